The van der Waals surface area contributed by atoms with Gasteiger partial charge >= 0.3 is 0 Å². The molecule has 4 aromatic rings. The minimum atomic E-state index is -0.249. The minimum Gasteiger partial charge on any atom is -0.497 e. The van der Waals surface area contributed by atoms with Crippen LogP contribution in [0.1, 0.15) is 27.8 Å². The number of nitrogens with zero attached hydrogens (tertiary/aromatic N) is 2. The first-order chi connectivity index (χ1) is 15.1. The smallest absolute Gasteiger partial charge is 0.252 e. The molecule has 0 spiro atoms. The molecule has 1 heterocycles. The number of carbonyl (C=O) groups excluding carboxylic acids is 1. The average Bonchev–Trinajstić information content (AvgIpc) is 3.14. The third-order valence-corrected chi connectivity index (χ3v) is 5.39. The lowest BCUT2D eigenvalue weighted by molar-refractivity contribution is 0.0935. The summed E-state index contributed by atoms with van der Waals surface area (Å²) in [5, 5.41) is 3.17. The third kappa shape index (κ3) is 4.38. The monoisotopic (exact) mass is 415 g/mol. The Bertz CT molecular complexity index is 1180. The molecule has 3 aromatic carbocycles. The van der Waals surface area contributed by atoms with Gasteiger partial charge in [0.05, 0.1) is 31.3 Å². The zero-order chi connectivity index (χ0) is 21.8. The summed E-state index contributed by atoms with van der Waals surface area (Å²) < 4.78 is 12.7. The maximum atomic E-state index is 13.2. The van der Waals surface area contributed by atoms with Crippen molar-refractivity contribution < 1.29 is 14.3 Å². The van der Waals surface area contributed by atoms with Crippen LogP contribution in [0.5, 0.6) is 11.5 Å². The van der Waals surface area contributed by atoms with Crippen LogP contribution in [0.3, 0.4) is 0 Å². The van der Waals surface area contributed by atoms with Gasteiger partial charge in [-0.05, 0) is 29.8 Å². The van der Waals surface area contributed by atoms with E-state index in [0.29, 0.717) is 23.5 Å². The molecule has 0 radical (unpaired) electrons. The van der Waals surface area contributed by atoms with E-state index in [4.69, 9.17) is 14.5 Å². The number of ether oxygens (including phenoxy) is 2. The first kappa shape index (κ1) is 20.5. The van der Waals surface area contributed by atoms with Crippen molar-refractivity contribution >= 4 is 16.9 Å². The number of hydrogen-bond donors (Lipinski definition) is 1. The SMILES string of the molecule is COc1cc(OC)cc(C(=O)NC(Cc2nc3ccccc3n2C)c2ccccc2)c1. The number of imidazole rings is 1. The van der Waals surface area contributed by atoms with Crippen molar-refractivity contribution in [3.05, 3.63) is 89.7 Å². The number of hydrogen-bond acceptors (Lipinski definition) is 4. The normalized spacial score (nSPS) is 11.8. The lowest BCUT2D eigenvalue weighted by Gasteiger charge is -2.20. The third-order valence-electron chi connectivity index (χ3n) is 5.39. The second kappa shape index (κ2) is 8.92. The van der Waals surface area contributed by atoms with Crippen LogP contribution in [0.15, 0.2) is 72.8 Å². The number of fused-ring (bicyclic) bond motifs is 1. The minimum absolute atomic E-state index is 0.204. The fourth-order valence-corrected chi connectivity index (χ4v) is 3.68. The molecular formula is C25H25N3O3. The summed E-state index contributed by atoms with van der Waals surface area (Å²) in [7, 11) is 5.13. The summed E-state index contributed by atoms with van der Waals surface area (Å²) in [6.07, 6.45) is 0.558. The highest BCUT2D eigenvalue weighted by atomic mass is 16.5. The topological polar surface area (TPSA) is 65.4 Å². The highest BCUT2D eigenvalue weighted by molar-refractivity contribution is 5.95. The fourth-order valence-electron chi connectivity index (χ4n) is 3.68. The Labute approximate surface area is 181 Å². The van der Waals surface area contributed by atoms with Gasteiger partial charge in [-0.15, -0.1) is 0 Å². The molecule has 1 unspecified atom stereocenters. The van der Waals surface area contributed by atoms with Crippen molar-refractivity contribution in [3.8, 4) is 11.5 Å². The summed E-state index contributed by atoms with van der Waals surface area (Å²) in [4.78, 5) is 17.9. The van der Waals surface area contributed by atoms with Crippen LogP contribution in [0.4, 0.5) is 0 Å². The molecule has 31 heavy (non-hydrogen) atoms. The predicted molar refractivity (Wildman–Crippen MR) is 121 cm³/mol. The van der Waals surface area contributed by atoms with Crippen LogP contribution in [-0.4, -0.2) is 29.7 Å². The molecule has 4 rings (SSSR count). The number of methoxy groups -OCH3 is 2. The Hall–Kier alpha value is -3.80. The molecule has 0 saturated carbocycles. The van der Waals surface area contributed by atoms with Crippen molar-refractivity contribution in [2.24, 2.45) is 7.05 Å². The summed E-state index contributed by atoms with van der Waals surface area (Å²) in [5.41, 5.74) is 3.49. The zero-order valence-electron chi connectivity index (χ0n) is 17.8. The first-order valence-electron chi connectivity index (χ1n) is 10.1. The van der Waals surface area contributed by atoms with Crippen molar-refractivity contribution in [1.29, 1.82) is 0 Å². The molecule has 0 saturated heterocycles. The van der Waals surface area contributed by atoms with Crippen molar-refractivity contribution in [2.45, 2.75) is 12.5 Å². The Morgan fingerprint density at radius 3 is 2.26 bits per heavy atom. The number of aryl methyl sites for hydroxylation is 1. The average molecular weight is 415 g/mol. The Morgan fingerprint density at radius 2 is 1.61 bits per heavy atom. The highest BCUT2D eigenvalue weighted by Crippen LogP contribution is 2.25. The molecule has 6 heteroatoms. The number of benzene rings is 3. The highest BCUT2D eigenvalue weighted by Gasteiger charge is 2.20. The Balaban J connectivity index is 1.66. The van der Waals surface area contributed by atoms with E-state index in [-0.39, 0.29) is 11.9 Å². The van der Waals surface area contributed by atoms with E-state index >= 15 is 0 Å². The van der Waals surface area contributed by atoms with Gasteiger partial charge in [0.25, 0.3) is 5.91 Å². The molecule has 0 aliphatic heterocycles. The van der Waals surface area contributed by atoms with Gasteiger partial charge in [0, 0.05) is 25.1 Å². The van der Waals surface area contributed by atoms with Crippen LogP contribution in [0, 0.1) is 0 Å². The summed E-state index contributed by atoms with van der Waals surface area (Å²) in [6, 6.07) is 22.9. The lowest BCUT2D eigenvalue weighted by Crippen LogP contribution is -2.30. The summed E-state index contributed by atoms with van der Waals surface area (Å²) >= 11 is 0. The number of rotatable bonds is 7. The molecule has 6 nitrogen and oxygen atoms in total. The van der Waals surface area contributed by atoms with Crippen molar-refractivity contribution in [3.63, 3.8) is 0 Å². The van der Waals surface area contributed by atoms with Gasteiger partial charge < -0.3 is 19.4 Å². The Kier molecular flexibility index (Phi) is 5.89. The number of amides is 1. The lowest BCUT2D eigenvalue weighted by atomic mass is 10.0. The van der Waals surface area contributed by atoms with E-state index in [2.05, 4.69) is 9.88 Å². The maximum absolute atomic E-state index is 13.2. The number of nitrogens with one attached hydrogen (secondary N) is 1. The number of para-hydroxylation sites is 2. The van der Waals surface area contributed by atoms with Crippen molar-refractivity contribution in [1.82, 2.24) is 14.9 Å². The molecule has 158 valence electrons. The van der Waals surface area contributed by atoms with E-state index in [9.17, 15) is 4.79 Å². The second-order valence-electron chi connectivity index (χ2n) is 7.32. The van der Waals surface area contributed by atoms with Gasteiger partial charge in [0.2, 0.25) is 0 Å². The van der Waals surface area contributed by atoms with Crippen LogP contribution in [0.2, 0.25) is 0 Å². The fraction of sp³-hybridized carbons (Fsp3) is 0.200. The standard InChI is InChI=1S/C25H25N3O3/c1-28-23-12-8-7-11-21(23)26-24(28)16-22(17-9-5-4-6-10-17)27-25(29)18-13-19(30-2)15-20(14-18)31-3/h4-15,22H,16H2,1-3H3,(H,27,29). The molecule has 0 bridgehead atoms. The van der Waals surface area contributed by atoms with Crippen LogP contribution in [-0.2, 0) is 13.5 Å². The van der Waals surface area contributed by atoms with E-state index in [1.807, 2.05) is 61.6 Å². The van der Waals surface area contributed by atoms with Gasteiger partial charge in [-0.2, -0.15) is 0 Å². The zero-order valence-corrected chi connectivity index (χ0v) is 17.8. The number of aromatic nitrogens is 2. The van der Waals surface area contributed by atoms with Crippen molar-refractivity contribution in [2.75, 3.05) is 14.2 Å². The molecule has 1 N–H and O–H groups in total. The van der Waals surface area contributed by atoms with E-state index in [1.54, 1.807) is 32.4 Å². The van der Waals surface area contributed by atoms with E-state index < -0.39 is 0 Å². The van der Waals surface area contributed by atoms with Gasteiger partial charge in [0.15, 0.2) is 0 Å². The van der Waals surface area contributed by atoms with Gasteiger partial charge in [0.1, 0.15) is 17.3 Å². The summed E-state index contributed by atoms with van der Waals surface area (Å²) in [6.45, 7) is 0. The quantitative estimate of drug-likeness (QED) is 0.489. The van der Waals surface area contributed by atoms with Gasteiger partial charge in [-0.25, -0.2) is 4.98 Å². The van der Waals surface area contributed by atoms with Crippen LogP contribution in [0.25, 0.3) is 11.0 Å². The largest absolute Gasteiger partial charge is 0.497 e. The molecule has 1 aromatic heterocycles. The van der Waals surface area contributed by atoms with Crippen LogP contribution >= 0.6 is 0 Å². The summed E-state index contributed by atoms with van der Waals surface area (Å²) in [5.74, 6) is 1.83. The van der Waals surface area contributed by atoms with E-state index in [1.165, 1.54) is 0 Å². The second-order valence-corrected chi connectivity index (χ2v) is 7.32. The predicted octanol–water partition coefficient (Wildman–Crippen LogP) is 4.30. The number of carbonyl (C=O) groups is 1. The van der Waals surface area contributed by atoms with Gasteiger partial charge in [-0.1, -0.05) is 42.5 Å². The van der Waals surface area contributed by atoms with Crippen LogP contribution < -0.4 is 14.8 Å². The molecule has 1 atom stereocenters. The molecular weight excluding hydrogens is 390 g/mol. The maximum Gasteiger partial charge on any atom is 0.252 e. The molecule has 0 aliphatic rings. The molecule has 1 amide bonds. The Morgan fingerprint density at radius 1 is 0.968 bits per heavy atom. The van der Waals surface area contributed by atoms with Gasteiger partial charge in [-0.3, -0.25) is 4.79 Å². The van der Waals surface area contributed by atoms with E-state index in [0.717, 1.165) is 22.4 Å². The molecule has 0 aliphatic carbocycles. The first-order valence-corrected chi connectivity index (χ1v) is 10.1. The molecule has 0 fully saturated rings.